The van der Waals surface area contributed by atoms with E-state index in [1.807, 2.05) is 12.1 Å². The lowest BCUT2D eigenvalue weighted by atomic mass is 9.70. The molecule has 0 amide bonds. The first-order valence-corrected chi connectivity index (χ1v) is 7.92. The number of hydrogen-bond donors (Lipinski definition) is 1. The Morgan fingerprint density at radius 3 is 2.43 bits per heavy atom. The number of hydrogen-bond acceptors (Lipinski definition) is 3. The van der Waals surface area contributed by atoms with Crippen molar-refractivity contribution in [3.8, 4) is 11.5 Å². The first kappa shape index (κ1) is 16.3. The maximum Gasteiger partial charge on any atom is 0.145 e. The number of nitrogens with one attached hydrogen (secondary N) is 1. The van der Waals surface area contributed by atoms with Crippen molar-refractivity contribution in [1.29, 1.82) is 0 Å². The molecule has 1 aliphatic carbocycles. The first-order valence-electron chi connectivity index (χ1n) is 7.54. The molecule has 0 bridgehead atoms. The third kappa shape index (κ3) is 3.76. The Labute approximate surface area is 133 Å². The summed E-state index contributed by atoms with van der Waals surface area (Å²) in [5.74, 6) is 2.03. The highest BCUT2D eigenvalue weighted by molar-refractivity contribution is 6.32. The summed E-state index contributed by atoms with van der Waals surface area (Å²) in [6.45, 7) is 7.02. The number of anilines is 1. The molecule has 1 fully saturated rings. The van der Waals surface area contributed by atoms with Crippen molar-refractivity contribution in [3.63, 3.8) is 0 Å². The molecule has 0 heterocycles. The number of benzene rings is 1. The third-order valence-corrected chi connectivity index (χ3v) is 4.80. The normalized spacial score (nSPS) is 24.5. The zero-order chi connectivity index (χ0) is 15.6. The lowest BCUT2D eigenvalue weighted by Gasteiger charge is -2.40. The quantitative estimate of drug-likeness (QED) is 0.850. The second kappa shape index (κ2) is 6.35. The zero-order valence-electron chi connectivity index (χ0n) is 13.6. The van der Waals surface area contributed by atoms with Gasteiger partial charge >= 0.3 is 0 Å². The maximum atomic E-state index is 6.24. The van der Waals surface area contributed by atoms with Gasteiger partial charge in [-0.1, -0.05) is 32.4 Å². The highest BCUT2D eigenvalue weighted by atomic mass is 35.5. The Hall–Kier alpha value is -1.09. The summed E-state index contributed by atoms with van der Waals surface area (Å²) in [6, 6.07) is 4.18. The van der Waals surface area contributed by atoms with Crippen LogP contribution in [-0.4, -0.2) is 20.3 Å². The molecule has 1 N–H and O–H groups in total. The van der Waals surface area contributed by atoms with Gasteiger partial charge < -0.3 is 14.8 Å². The lowest BCUT2D eigenvalue weighted by Crippen LogP contribution is -2.36. The van der Waals surface area contributed by atoms with E-state index in [-0.39, 0.29) is 0 Å². The minimum atomic E-state index is 0.444. The van der Waals surface area contributed by atoms with E-state index >= 15 is 0 Å². The summed E-state index contributed by atoms with van der Waals surface area (Å²) in [6.07, 6.45) is 3.64. The summed E-state index contributed by atoms with van der Waals surface area (Å²) in [4.78, 5) is 0. The number of methoxy groups -OCH3 is 2. The molecule has 118 valence electrons. The van der Waals surface area contributed by atoms with Crippen LogP contribution in [-0.2, 0) is 0 Å². The molecule has 0 radical (unpaired) electrons. The summed E-state index contributed by atoms with van der Waals surface area (Å²) in [5, 5.41) is 4.22. The van der Waals surface area contributed by atoms with E-state index in [1.165, 1.54) is 19.3 Å². The topological polar surface area (TPSA) is 30.5 Å². The number of rotatable bonds is 4. The predicted molar refractivity (Wildman–Crippen MR) is 88.8 cm³/mol. The van der Waals surface area contributed by atoms with Crippen LogP contribution in [0.15, 0.2) is 12.1 Å². The number of ether oxygens (including phenoxy) is 2. The van der Waals surface area contributed by atoms with E-state index in [0.717, 1.165) is 11.4 Å². The van der Waals surface area contributed by atoms with Crippen LogP contribution >= 0.6 is 11.6 Å². The average molecular weight is 312 g/mol. The van der Waals surface area contributed by atoms with E-state index in [4.69, 9.17) is 21.1 Å². The van der Waals surface area contributed by atoms with Crippen LogP contribution in [0.2, 0.25) is 5.02 Å². The van der Waals surface area contributed by atoms with Gasteiger partial charge in [-0.25, -0.2) is 0 Å². The van der Waals surface area contributed by atoms with Gasteiger partial charge in [-0.05, 0) is 36.7 Å². The van der Waals surface area contributed by atoms with Gasteiger partial charge in [-0.3, -0.25) is 0 Å². The molecule has 1 aromatic rings. The van der Waals surface area contributed by atoms with Crippen molar-refractivity contribution in [2.24, 2.45) is 11.3 Å². The van der Waals surface area contributed by atoms with Gasteiger partial charge in [0.2, 0.25) is 0 Å². The Morgan fingerprint density at radius 2 is 1.86 bits per heavy atom. The zero-order valence-corrected chi connectivity index (χ0v) is 14.4. The fourth-order valence-electron chi connectivity index (χ4n) is 3.33. The molecule has 2 unspecified atom stereocenters. The SMILES string of the molecule is COc1cc(OC)c(NC2CCC(C)(C)CC2C)cc1Cl. The highest BCUT2D eigenvalue weighted by Crippen LogP contribution is 2.42. The Kier molecular flexibility index (Phi) is 4.92. The highest BCUT2D eigenvalue weighted by Gasteiger charge is 2.32. The summed E-state index contributed by atoms with van der Waals surface area (Å²) in [5.41, 5.74) is 1.39. The predicted octanol–water partition coefficient (Wildman–Crippen LogP) is 4.98. The molecular weight excluding hydrogens is 286 g/mol. The molecule has 0 saturated heterocycles. The van der Waals surface area contributed by atoms with E-state index in [2.05, 4.69) is 26.1 Å². The smallest absolute Gasteiger partial charge is 0.145 e. The molecule has 1 aliphatic rings. The van der Waals surface area contributed by atoms with Crippen molar-refractivity contribution < 1.29 is 9.47 Å². The molecule has 21 heavy (non-hydrogen) atoms. The standard InChI is InChI=1S/C17H26ClNO2/c1-11-10-17(2,3)7-6-13(11)19-14-8-12(18)15(20-4)9-16(14)21-5/h8-9,11,13,19H,6-7,10H2,1-5H3. The Morgan fingerprint density at radius 1 is 1.19 bits per heavy atom. The fraction of sp³-hybridized carbons (Fsp3) is 0.647. The molecule has 0 aromatic heterocycles. The first-order chi connectivity index (χ1) is 9.86. The Bertz CT molecular complexity index is 502. The van der Waals surface area contributed by atoms with Gasteiger partial charge in [-0.2, -0.15) is 0 Å². The van der Waals surface area contributed by atoms with Crippen LogP contribution in [0, 0.1) is 11.3 Å². The van der Waals surface area contributed by atoms with Crippen LogP contribution in [0.1, 0.15) is 40.0 Å². The summed E-state index contributed by atoms with van der Waals surface area (Å²) >= 11 is 6.24. The minimum Gasteiger partial charge on any atom is -0.495 e. The van der Waals surface area contributed by atoms with Crippen molar-refractivity contribution in [2.45, 2.75) is 46.1 Å². The van der Waals surface area contributed by atoms with Gasteiger partial charge in [0.25, 0.3) is 0 Å². The summed E-state index contributed by atoms with van der Waals surface area (Å²) < 4.78 is 10.7. The van der Waals surface area contributed by atoms with Crippen molar-refractivity contribution >= 4 is 17.3 Å². The second-order valence-corrected chi connectivity index (χ2v) is 7.23. The molecule has 0 spiro atoms. The maximum absolute atomic E-state index is 6.24. The van der Waals surface area contributed by atoms with E-state index in [1.54, 1.807) is 14.2 Å². The van der Waals surface area contributed by atoms with Crippen LogP contribution in [0.25, 0.3) is 0 Å². The van der Waals surface area contributed by atoms with E-state index in [0.29, 0.717) is 28.1 Å². The molecule has 2 atom stereocenters. The van der Waals surface area contributed by atoms with Crippen molar-refractivity contribution in [2.75, 3.05) is 19.5 Å². The van der Waals surface area contributed by atoms with Crippen molar-refractivity contribution in [1.82, 2.24) is 0 Å². The monoisotopic (exact) mass is 311 g/mol. The van der Waals surface area contributed by atoms with Crippen LogP contribution in [0.4, 0.5) is 5.69 Å². The van der Waals surface area contributed by atoms with E-state index < -0.39 is 0 Å². The lowest BCUT2D eigenvalue weighted by molar-refractivity contribution is 0.177. The molecule has 1 saturated carbocycles. The molecular formula is C17H26ClNO2. The van der Waals surface area contributed by atoms with Crippen LogP contribution in [0.3, 0.4) is 0 Å². The third-order valence-electron chi connectivity index (χ3n) is 4.51. The number of halogens is 1. The van der Waals surface area contributed by atoms with Gasteiger partial charge in [0.05, 0.1) is 24.9 Å². The molecule has 2 rings (SSSR count). The fourth-order valence-corrected chi connectivity index (χ4v) is 3.57. The van der Waals surface area contributed by atoms with Gasteiger partial charge in [0.1, 0.15) is 11.5 Å². The minimum absolute atomic E-state index is 0.444. The largest absolute Gasteiger partial charge is 0.495 e. The molecule has 1 aromatic carbocycles. The Balaban J connectivity index is 2.18. The molecule has 3 nitrogen and oxygen atoms in total. The summed E-state index contributed by atoms with van der Waals surface area (Å²) in [7, 11) is 3.28. The molecule has 4 heteroatoms. The van der Waals surface area contributed by atoms with Gasteiger partial charge in [0, 0.05) is 12.1 Å². The van der Waals surface area contributed by atoms with Crippen LogP contribution in [0.5, 0.6) is 11.5 Å². The average Bonchev–Trinajstić information content (AvgIpc) is 2.41. The van der Waals surface area contributed by atoms with E-state index in [9.17, 15) is 0 Å². The van der Waals surface area contributed by atoms with Gasteiger partial charge in [-0.15, -0.1) is 0 Å². The second-order valence-electron chi connectivity index (χ2n) is 6.82. The van der Waals surface area contributed by atoms with Gasteiger partial charge in [0.15, 0.2) is 0 Å². The van der Waals surface area contributed by atoms with Crippen molar-refractivity contribution in [3.05, 3.63) is 17.2 Å². The van der Waals surface area contributed by atoms with Crippen LogP contribution < -0.4 is 14.8 Å². The molecule has 0 aliphatic heterocycles.